The number of rotatable bonds is 10. The summed E-state index contributed by atoms with van der Waals surface area (Å²) >= 11 is 0. The summed E-state index contributed by atoms with van der Waals surface area (Å²) in [5.74, 6) is -0.567. The van der Waals surface area contributed by atoms with Crippen LogP contribution in [-0.4, -0.2) is 70.5 Å². The molecule has 11 heteroatoms. The maximum Gasteiger partial charge on any atom is 0.269 e. The van der Waals surface area contributed by atoms with Crippen molar-refractivity contribution in [1.82, 2.24) is 9.80 Å². The van der Waals surface area contributed by atoms with Gasteiger partial charge in [0.25, 0.3) is 17.5 Å². The summed E-state index contributed by atoms with van der Waals surface area (Å²) in [6, 6.07) is 37.4. The number of aliphatic hydroxyl groups is 1. The van der Waals surface area contributed by atoms with Gasteiger partial charge in [-0.2, -0.15) is 0 Å². The number of non-ortho nitro benzene ring substituents is 1. The van der Waals surface area contributed by atoms with Gasteiger partial charge in [0.15, 0.2) is 6.29 Å². The van der Waals surface area contributed by atoms with Gasteiger partial charge < -0.3 is 19.5 Å². The Morgan fingerprint density at radius 3 is 1.94 bits per heavy atom. The van der Waals surface area contributed by atoms with Crippen molar-refractivity contribution >= 4 is 23.2 Å². The van der Waals surface area contributed by atoms with Crippen LogP contribution in [0.3, 0.4) is 0 Å². The van der Waals surface area contributed by atoms with Crippen LogP contribution in [-0.2, 0) is 22.6 Å². The first-order valence-electron chi connectivity index (χ1n) is 18.2. The van der Waals surface area contributed by atoms with E-state index in [1.807, 2.05) is 84.9 Å². The van der Waals surface area contributed by atoms with E-state index in [-0.39, 0.29) is 47.8 Å². The Kier molecular flexibility index (Phi) is 10.0. The van der Waals surface area contributed by atoms with Crippen molar-refractivity contribution < 1.29 is 29.1 Å². The molecule has 0 saturated carbocycles. The molecule has 2 amide bonds. The molecule has 0 bridgehead atoms. The van der Waals surface area contributed by atoms with Crippen LogP contribution in [0.5, 0.6) is 0 Å². The van der Waals surface area contributed by atoms with Gasteiger partial charge in [0.2, 0.25) is 0 Å². The van der Waals surface area contributed by atoms with E-state index in [2.05, 4.69) is 9.80 Å². The zero-order chi connectivity index (χ0) is 37.2. The Balaban J connectivity index is 0.976. The van der Waals surface area contributed by atoms with Crippen LogP contribution in [0.4, 0.5) is 11.4 Å². The van der Waals surface area contributed by atoms with Crippen molar-refractivity contribution in [3.8, 4) is 11.1 Å². The van der Waals surface area contributed by atoms with Crippen LogP contribution in [0.1, 0.15) is 61.8 Å². The van der Waals surface area contributed by atoms with Crippen molar-refractivity contribution in [3.63, 3.8) is 0 Å². The van der Waals surface area contributed by atoms with Crippen LogP contribution in [0.25, 0.3) is 11.1 Å². The minimum atomic E-state index is -0.615. The molecule has 0 unspecified atom stereocenters. The number of carbonyl (C=O) groups excluding carboxylic acids is 2. The fraction of sp³-hybridized carbons (Fsp3) is 0.256. The molecule has 2 saturated heterocycles. The molecule has 3 heterocycles. The Labute approximate surface area is 313 Å². The molecule has 5 aromatic rings. The van der Waals surface area contributed by atoms with Gasteiger partial charge in [-0.3, -0.25) is 29.5 Å². The molecule has 0 radical (unpaired) electrons. The van der Waals surface area contributed by atoms with Crippen molar-refractivity contribution in [3.05, 3.63) is 165 Å². The van der Waals surface area contributed by atoms with Gasteiger partial charge in [-0.15, -0.1) is 0 Å². The van der Waals surface area contributed by atoms with E-state index in [0.29, 0.717) is 17.5 Å². The molecule has 3 atom stereocenters. The van der Waals surface area contributed by atoms with Crippen molar-refractivity contribution in [1.29, 1.82) is 0 Å². The van der Waals surface area contributed by atoms with Gasteiger partial charge in [0, 0.05) is 62.5 Å². The van der Waals surface area contributed by atoms with E-state index in [4.69, 9.17) is 9.47 Å². The van der Waals surface area contributed by atoms with E-state index >= 15 is 0 Å². The van der Waals surface area contributed by atoms with E-state index in [9.17, 15) is 24.8 Å². The number of imide groups is 1. The highest BCUT2D eigenvalue weighted by molar-refractivity contribution is 6.21. The second-order valence-electron chi connectivity index (χ2n) is 13.9. The molecule has 54 heavy (non-hydrogen) atoms. The third-order valence-electron chi connectivity index (χ3n) is 10.6. The normalized spacial score (nSPS) is 20.3. The number of hydrogen-bond donors (Lipinski definition) is 1. The van der Waals surface area contributed by atoms with E-state index < -0.39 is 6.29 Å². The van der Waals surface area contributed by atoms with Crippen LogP contribution in [0, 0.1) is 10.1 Å². The van der Waals surface area contributed by atoms with Gasteiger partial charge in [-0.05, 0) is 52.1 Å². The second-order valence-corrected chi connectivity index (χ2v) is 13.9. The number of anilines is 1. The minimum Gasteiger partial charge on any atom is -0.392 e. The van der Waals surface area contributed by atoms with Gasteiger partial charge in [0.1, 0.15) is 0 Å². The number of nitro benzene ring substituents is 1. The lowest BCUT2D eigenvalue weighted by Crippen LogP contribution is -2.49. The Morgan fingerprint density at radius 1 is 0.704 bits per heavy atom. The minimum absolute atomic E-state index is 0.0280. The monoisotopic (exact) mass is 724 g/mol. The largest absolute Gasteiger partial charge is 0.392 e. The predicted molar refractivity (Wildman–Crippen MR) is 203 cm³/mol. The van der Waals surface area contributed by atoms with Gasteiger partial charge in [-0.25, -0.2) is 0 Å². The lowest BCUT2D eigenvalue weighted by Gasteiger charge is -2.41. The molecule has 11 nitrogen and oxygen atoms in total. The average molecular weight is 725 g/mol. The first kappa shape index (κ1) is 35.3. The summed E-state index contributed by atoms with van der Waals surface area (Å²) in [6.45, 7) is 4.11. The number of hydrogen-bond acceptors (Lipinski definition) is 9. The Bertz CT molecular complexity index is 2110. The molecule has 3 aliphatic heterocycles. The summed E-state index contributed by atoms with van der Waals surface area (Å²) in [6.07, 6.45) is -0.281. The highest BCUT2D eigenvalue weighted by Crippen LogP contribution is 2.39. The number of fused-ring (bicyclic) bond motifs is 1. The molecular formula is C43H40N4O7. The number of piperazine rings is 1. The molecule has 0 spiro atoms. The lowest BCUT2D eigenvalue weighted by atomic mass is 9.97. The highest BCUT2D eigenvalue weighted by atomic mass is 16.7. The fourth-order valence-corrected chi connectivity index (χ4v) is 7.61. The standard InChI is InChI=1S/C43H40N4O7/c48-28-29-9-11-31(12-10-29)40-25-36(27-44-21-23-45(24-22-44)34-17-19-35(20-18-34)47(51)52)53-43(54-40)32-15-13-30(14-16-32)37-6-2-1-5-33(37)26-46-41(49)38-7-3-4-8-39(38)42(46)50/h1-20,36,40,43,48H,21-28H2/t36-,40+,43+/m0/s1. The van der Waals surface area contributed by atoms with E-state index in [1.165, 1.54) is 4.90 Å². The third-order valence-corrected chi connectivity index (χ3v) is 10.6. The van der Waals surface area contributed by atoms with Gasteiger partial charge >= 0.3 is 0 Å². The zero-order valence-corrected chi connectivity index (χ0v) is 29.6. The number of ether oxygens (including phenoxy) is 2. The van der Waals surface area contributed by atoms with Crippen LogP contribution in [0.2, 0.25) is 0 Å². The Morgan fingerprint density at radius 2 is 1.31 bits per heavy atom. The number of nitro groups is 1. The first-order chi connectivity index (χ1) is 26.3. The predicted octanol–water partition coefficient (Wildman–Crippen LogP) is 6.92. The van der Waals surface area contributed by atoms with Gasteiger partial charge in [-0.1, -0.05) is 84.9 Å². The van der Waals surface area contributed by atoms with Crippen molar-refractivity contribution in [2.24, 2.45) is 0 Å². The smallest absolute Gasteiger partial charge is 0.269 e. The Hall–Kier alpha value is -5.72. The summed E-state index contributed by atoms with van der Waals surface area (Å²) in [5, 5.41) is 20.7. The lowest BCUT2D eigenvalue weighted by molar-refractivity contribution is -0.384. The SMILES string of the molecule is O=C1c2ccccc2C(=O)N1Cc1ccccc1-c1ccc([C@@H]2O[C@H](CN3CCN(c4ccc([N+](=O)[O-])cc4)CC3)C[C@H](c3ccc(CO)cc3)O2)cc1. The molecule has 274 valence electrons. The van der Waals surface area contributed by atoms with E-state index in [1.54, 1.807) is 36.4 Å². The number of amides is 2. The quantitative estimate of drug-likeness (QED) is 0.0929. The summed E-state index contributed by atoms with van der Waals surface area (Å²) in [5.41, 5.74) is 7.40. The first-order valence-corrected chi connectivity index (χ1v) is 18.2. The molecular weight excluding hydrogens is 684 g/mol. The molecule has 0 aliphatic carbocycles. The molecule has 1 N–H and O–H groups in total. The van der Waals surface area contributed by atoms with Crippen molar-refractivity contribution in [2.75, 3.05) is 37.6 Å². The maximum absolute atomic E-state index is 13.1. The summed E-state index contributed by atoms with van der Waals surface area (Å²) < 4.78 is 13.3. The molecule has 5 aromatic carbocycles. The number of carbonyl (C=O) groups is 2. The molecule has 8 rings (SSSR count). The van der Waals surface area contributed by atoms with Crippen LogP contribution >= 0.6 is 0 Å². The topological polar surface area (TPSA) is 126 Å². The highest BCUT2D eigenvalue weighted by Gasteiger charge is 2.36. The maximum atomic E-state index is 13.1. The molecule has 3 aliphatic rings. The summed E-state index contributed by atoms with van der Waals surface area (Å²) in [4.78, 5) is 42.9. The van der Waals surface area contributed by atoms with Gasteiger partial charge in [0.05, 0.1) is 41.4 Å². The molecule has 2 fully saturated rings. The molecule has 0 aromatic heterocycles. The van der Waals surface area contributed by atoms with E-state index in [0.717, 1.165) is 71.8 Å². The average Bonchev–Trinajstić information content (AvgIpc) is 3.46. The number of aliphatic hydroxyl groups excluding tert-OH is 1. The van der Waals surface area contributed by atoms with Crippen LogP contribution < -0.4 is 4.90 Å². The number of nitrogens with zero attached hydrogens (tertiary/aromatic N) is 4. The third kappa shape index (κ3) is 7.27. The summed E-state index contributed by atoms with van der Waals surface area (Å²) in [7, 11) is 0. The zero-order valence-electron chi connectivity index (χ0n) is 29.6. The second kappa shape index (κ2) is 15.3. The number of benzene rings is 5. The van der Waals surface area contributed by atoms with Crippen molar-refractivity contribution in [2.45, 2.75) is 38.1 Å². The fourth-order valence-electron chi connectivity index (χ4n) is 7.61. The van der Waals surface area contributed by atoms with Crippen LogP contribution in [0.15, 0.2) is 121 Å².